The van der Waals surface area contributed by atoms with Gasteiger partial charge in [0.05, 0.1) is 14.2 Å². The van der Waals surface area contributed by atoms with Crippen LogP contribution in [0.3, 0.4) is 0 Å². The van der Waals surface area contributed by atoms with Gasteiger partial charge in [-0.3, -0.25) is 0 Å². The number of aromatic nitrogens is 1. The third kappa shape index (κ3) is 4.12. The monoisotopic (exact) mass is 266 g/mol. The third-order valence-corrected chi connectivity index (χ3v) is 3.20. The summed E-state index contributed by atoms with van der Waals surface area (Å²) < 4.78 is 9.78. The van der Waals surface area contributed by atoms with Crippen LogP contribution in [0, 0.1) is 11.8 Å². The number of nitrogens with one attached hydrogen (secondary N) is 1. The van der Waals surface area contributed by atoms with Gasteiger partial charge in [-0.15, -0.1) is 0 Å². The Kier molecular flexibility index (Phi) is 5.60. The van der Waals surface area contributed by atoms with Crippen molar-refractivity contribution in [2.75, 3.05) is 26.1 Å². The highest BCUT2D eigenvalue weighted by atomic mass is 16.5. The van der Waals surface area contributed by atoms with Crippen LogP contribution in [0.2, 0.25) is 0 Å². The Morgan fingerprint density at radius 2 is 2.00 bits per heavy atom. The summed E-state index contributed by atoms with van der Waals surface area (Å²) in [7, 11) is 2.81. The lowest BCUT2D eigenvalue weighted by molar-refractivity contribution is 0.0596. The Morgan fingerprint density at radius 3 is 2.53 bits per heavy atom. The smallest absolute Gasteiger partial charge is 0.343 e. The minimum atomic E-state index is -0.452. The van der Waals surface area contributed by atoms with Crippen molar-refractivity contribution in [3.63, 3.8) is 0 Å². The second-order valence-electron chi connectivity index (χ2n) is 4.85. The quantitative estimate of drug-likeness (QED) is 0.802. The molecular formula is C14H22N2O3. The van der Waals surface area contributed by atoms with Gasteiger partial charge in [-0.25, -0.2) is 4.79 Å². The summed E-state index contributed by atoms with van der Waals surface area (Å²) in [6.07, 6.45) is 0. The van der Waals surface area contributed by atoms with Gasteiger partial charge in [-0.05, 0) is 24.0 Å². The minimum Gasteiger partial charge on any atom is -0.480 e. The molecule has 0 bridgehead atoms. The summed E-state index contributed by atoms with van der Waals surface area (Å²) in [5.41, 5.74) is 0.326. The molecule has 19 heavy (non-hydrogen) atoms. The molecule has 1 unspecified atom stereocenters. The van der Waals surface area contributed by atoms with Gasteiger partial charge in [0, 0.05) is 6.54 Å². The van der Waals surface area contributed by atoms with E-state index in [9.17, 15) is 4.79 Å². The van der Waals surface area contributed by atoms with E-state index in [1.807, 2.05) is 0 Å². The maximum atomic E-state index is 11.5. The van der Waals surface area contributed by atoms with Crippen molar-refractivity contribution in [2.45, 2.75) is 20.8 Å². The van der Waals surface area contributed by atoms with E-state index < -0.39 is 5.97 Å². The lowest BCUT2D eigenvalue weighted by Crippen LogP contribution is -2.17. The van der Waals surface area contributed by atoms with Crippen molar-refractivity contribution in [2.24, 2.45) is 11.8 Å². The Bertz CT molecular complexity index is 433. The van der Waals surface area contributed by atoms with Gasteiger partial charge in [-0.1, -0.05) is 20.8 Å². The number of carbonyl (C=O) groups excluding carboxylic acids is 1. The van der Waals surface area contributed by atoms with E-state index in [2.05, 4.69) is 35.8 Å². The Hall–Kier alpha value is -1.78. The summed E-state index contributed by atoms with van der Waals surface area (Å²) >= 11 is 0. The summed E-state index contributed by atoms with van der Waals surface area (Å²) in [5.74, 6) is 1.65. The molecule has 0 aliphatic carbocycles. The van der Waals surface area contributed by atoms with Crippen LogP contribution in [-0.2, 0) is 4.74 Å². The zero-order valence-corrected chi connectivity index (χ0v) is 12.2. The second kappa shape index (κ2) is 6.97. The van der Waals surface area contributed by atoms with Gasteiger partial charge in [0.2, 0.25) is 5.88 Å². The molecule has 0 radical (unpaired) electrons. The topological polar surface area (TPSA) is 60.5 Å². The van der Waals surface area contributed by atoms with Crippen molar-refractivity contribution in [3.8, 4) is 5.88 Å². The summed E-state index contributed by atoms with van der Waals surface area (Å²) in [5, 5.41) is 3.24. The SMILES string of the molecule is COC(=O)c1ccc(NCC(C)C(C)C)nc1OC. The fraction of sp³-hybridized carbons (Fsp3) is 0.571. The van der Waals surface area contributed by atoms with Crippen LogP contribution in [0.25, 0.3) is 0 Å². The molecule has 0 aromatic carbocycles. The molecule has 5 nitrogen and oxygen atoms in total. The minimum absolute atomic E-state index is 0.272. The van der Waals surface area contributed by atoms with Crippen LogP contribution in [0.5, 0.6) is 5.88 Å². The first kappa shape index (κ1) is 15.3. The Balaban J connectivity index is 2.80. The molecule has 1 aromatic rings. The lowest BCUT2D eigenvalue weighted by atomic mass is 9.98. The molecule has 1 heterocycles. The molecule has 1 N–H and O–H groups in total. The first-order valence-electron chi connectivity index (χ1n) is 6.36. The highest BCUT2D eigenvalue weighted by molar-refractivity contribution is 5.92. The van der Waals surface area contributed by atoms with E-state index in [1.165, 1.54) is 14.2 Å². The van der Waals surface area contributed by atoms with Gasteiger partial charge < -0.3 is 14.8 Å². The molecule has 0 aliphatic heterocycles. The van der Waals surface area contributed by atoms with Gasteiger partial charge in [-0.2, -0.15) is 4.98 Å². The van der Waals surface area contributed by atoms with E-state index in [0.717, 1.165) is 6.54 Å². The third-order valence-electron chi connectivity index (χ3n) is 3.20. The van der Waals surface area contributed by atoms with Gasteiger partial charge in [0.1, 0.15) is 11.4 Å². The van der Waals surface area contributed by atoms with Crippen molar-refractivity contribution in [3.05, 3.63) is 17.7 Å². The Labute approximate surface area is 114 Å². The van der Waals surface area contributed by atoms with E-state index in [0.29, 0.717) is 23.2 Å². The first-order valence-corrected chi connectivity index (χ1v) is 6.36. The highest BCUT2D eigenvalue weighted by Gasteiger charge is 2.15. The fourth-order valence-electron chi connectivity index (χ4n) is 1.46. The maximum Gasteiger partial charge on any atom is 0.343 e. The van der Waals surface area contributed by atoms with Crippen LogP contribution >= 0.6 is 0 Å². The van der Waals surface area contributed by atoms with E-state index in [-0.39, 0.29) is 5.88 Å². The van der Waals surface area contributed by atoms with Gasteiger partial charge >= 0.3 is 5.97 Å². The molecule has 0 amide bonds. The van der Waals surface area contributed by atoms with E-state index in [1.54, 1.807) is 12.1 Å². The summed E-state index contributed by atoms with van der Waals surface area (Å²) in [6.45, 7) is 7.37. The van der Waals surface area contributed by atoms with Crippen LogP contribution in [0.4, 0.5) is 5.82 Å². The summed E-state index contributed by atoms with van der Waals surface area (Å²) in [6, 6.07) is 3.40. The zero-order chi connectivity index (χ0) is 14.4. The molecule has 1 aromatic heterocycles. The fourth-order valence-corrected chi connectivity index (χ4v) is 1.46. The van der Waals surface area contributed by atoms with Crippen molar-refractivity contribution >= 4 is 11.8 Å². The molecule has 1 atom stereocenters. The number of hydrogen-bond acceptors (Lipinski definition) is 5. The van der Waals surface area contributed by atoms with Crippen LogP contribution in [0.1, 0.15) is 31.1 Å². The van der Waals surface area contributed by atoms with Gasteiger partial charge in [0.25, 0.3) is 0 Å². The number of carbonyl (C=O) groups is 1. The van der Waals surface area contributed by atoms with Crippen molar-refractivity contribution < 1.29 is 14.3 Å². The number of ether oxygens (including phenoxy) is 2. The standard InChI is InChI=1S/C14H22N2O3/c1-9(2)10(3)8-15-12-7-6-11(14(17)19-5)13(16-12)18-4/h6-7,9-10H,8H2,1-5H3,(H,15,16). The van der Waals surface area contributed by atoms with E-state index >= 15 is 0 Å². The van der Waals surface area contributed by atoms with Crippen LogP contribution in [-0.4, -0.2) is 31.7 Å². The number of rotatable bonds is 6. The van der Waals surface area contributed by atoms with Crippen molar-refractivity contribution in [1.82, 2.24) is 4.98 Å². The van der Waals surface area contributed by atoms with Crippen LogP contribution < -0.4 is 10.1 Å². The largest absolute Gasteiger partial charge is 0.480 e. The average Bonchev–Trinajstić information content (AvgIpc) is 2.43. The first-order chi connectivity index (χ1) is 8.99. The molecule has 0 saturated carbocycles. The number of nitrogens with zero attached hydrogens (tertiary/aromatic N) is 1. The molecule has 0 spiro atoms. The Morgan fingerprint density at radius 1 is 1.32 bits per heavy atom. The molecule has 5 heteroatoms. The summed E-state index contributed by atoms with van der Waals surface area (Å²) in [4.78, 5) is 15.8. The molecule has 0 aliphatic rings. The van der Waals surface area contributed by atoms with Gasteiger partial charge in [0.15, 0.2) is 0 Å². The molecule has 0 fully saturated rings. The maximum absolute atomic E-state index is 11.5. The van der Waals surface area contributed by atoms with Crippen molar-refractivity contribution in [1.29, 1.82) is 0 Å². The zero-order valence-electron chi connectivity index (χ0n) is 12.2. The number of esters is 1. The van der Waals surface area contributed by atoms with E-state index in [4.69, 9.17) is 4.74 Å². The number of pyridine rings is 1. The normalized spacial score (nSPS) is 12.1. The number of anilines is 1. The number of methoxy groups -OCH3 is 2. The predicted molar refractivity (Wildman–Crippen MR) is 74.6 cm³/mol. The van der Waals surface area contributed by atoms with Crippen LogP contribution in [0.15, 0.2) is 12.1 Å². The predicted octanol–water partition coefficient (Wildman–Crippen LogP) is 2.58. The lowest BCUT2D eigenvalue weighted by Gasteiger charge is -2.17. The molecule has 0 saturated heterocycles. The highest BCUT2D eigenvalue weighted by Crippen LogP contribution is 2.20. The molecule has 106 valence electrons. The second-order valence-corrected chi connectivity index (χ2v) is 4.85. The number of hydrogen-bond donors (Lipinski definition) is 1. The molecular weight excluding hydrogens is 244 g/mol. The average molecular weight is 266 g/mol. The molecule has 1 rings (SSSR count).